The van der Waals surface area contributed by atoms with E-state index in [0.29, 0.717) is 22.3 Å². The molecule has 1 amide bonds. The number of nitrogens with zero attached hydrogens (tertiary/aromatic N) is 3. The molecule has 0 aliphatic heterocycles. The summed E-state index contributed by atoms with van der Waals surface area (Å²) in [7, 11) is 0. The summed E-state index contributed by atoms with van der Waals surface area (Å²) in [5.74, 6) is -0.591. The minimum Gasteiger partial charge on any atom is -0.324 e. The Kier molecular flexibility index (Phi) is 7.36. The molecule has 0 saturated heterocycles. The molecular weight excluding hydrogens is 472 g/mol. The lowest BCUT2D eigenvalue weighted by Crippen LogP contribution is -2.15. The highest BCUT2D eigenvalue weighted by atomic mass is 79.9. The van der Waals surface area contributed by atoms with E-state index in [1.165, 1.54) is 24.5 Å². The van der Waals surface area contributed by atoms with Crippen molar-refractivity contribution in [3.63, 3.8) is 0 Å². The molecule has 3 aromatic rings. The van der Waals surface area contributed by atoms with Gasteiger partial charge in [-0.3, -0.25) is 20.0 Å². The largest absolute Gasteiger partial charge is 0.324 e. The number of aromatic nitrogens is 3. The van der Waals surface area contributed by atoms with E-state index in [9.17, 15) is 14.9 Å². The molecule has 0 bridgehead atoms. The fraction of sp³-hybridized carbons (Fsp3) is 0.133. The second kappa shape index (κ2) is 8.83. The molecule has 0 aliphatic rings. The highest BCUT2D eigenvalue weighted by molar-refractivity contribution is 8.93. The van der Waals surface area contributed by atoms with Crippen LogP contribution in [0.2, 0.25) is 0 Å². The van der Waals surface area contributed by atoms with Crippen molar-refractivity contribution in [3.05, 3.63) is 57.9 Å². The van der Waals surface area contributed by atoms with Gasteiger partial charge in [-0.2, -0.15) is 5.10 Å². The monoisotopic (exact) mass is 486 g/mol. The van der Waals surface area contributed by atoms with E-state index < -0.39 is 10.8 Å². The van der Waals surface area contributed by atoms with Crippen LogP contribution in [-0.4, -0.2) is 26.0 Å². The standard InChI is InChI=1S/C15H14N6O3.2BrH/c1-8(16)9-2-3-10(13(6-9)21(23)24)15(22)19-12-4-5-17-14-11(12)7-18-20-14;;/h2-8H,16H2,1H3,(H2,17,18,19,20,22);2*1H/t8-;;/m1../s1. The molecule has 138 valence electrons. The van der Waals surface area contributed by atoms with Crippen LogP contribution in [0.5, 0.6) is 0 Å². The van der Waals surface area contributed by atoms with Crippen molar-refractivity contribution in [1.82, 2.24) is 15.2 Å². The van der Waals surface area contributed by atoms with Gasteiger partial charge in [0, 0.05) is 18.3 Å². The summed E-state index contributed by atoms with van der Waals surface area (Å²) in [5, 5.41) is 21.1. The quantitative estimate of drug-likeness (QED) is 0.381. The number of pyridine rings is 1. The maximum atomic E-state index is 12.5. The van der Waals surface area contributed by atoms with Gasteiger partial charge in [0.2, 0.25) is 0 Å². The summed E-state index contributed by atoms with van der Waals surface area (Å²) in [5.41, 5.74) is 6.96. The van der Waals surface area contributed by atoms with Gasteiger partial charge in [-0.1, -0.05) is 6.07 Å². The van der Waals surface area contributed by atoms with Gasteiger partial charge in [0.25, 0.3) is 11.6 Å². The molecule has 9 nitrogen and oxygen atoms in total. The average Bonchev–Trinajstić information content (AvgIpc) is 3.03. The number of carbonyl (C=O) groups excluding carboxylic acids is 1. The molecule has 0 aliphatic carbocycles. The summed E-state index contributed by atoms with van der Waals surface area (Å²) in [6.07, 6.45) is 3.02. The summed E-state index contributed by atoms with van der Waals surface area (Å²) < 4.78 is 0. The van der Waals surface area contributed by atoms with Crippen molar-refractivity contribution in [2.45, 2.75) is 13.0 Å². The Morgan fingerprint density at radius 1 is 1.35 bits per heavy atom. The zero-order valence-corrected chi connectivity index (χ0v) is 16.9. The van der Waals surface area contributed by atoms with Gasteiger partial charge in [0.1, 0.15) is 5.56 Å². The molecule has 1 aromatic carbocycles. The van der Waals surface area contributed by atoms with Crippen LogP contribution >= 0.6 is 34.0 Å². The van der Waals surface area contributed by atoms with Gasteiger partial charge in [-0.25, -0.2) is 4.98 Å². The van der Waals surface area contributed by atoms with Crippen molar-refractivity contribution in [1.29, 1.82) is 0 Å². The van der Waals surface area contributed by atoms with Crippen LogP contribution in [0.4, 0.5) is 11.4 Å². The molecule has 11 heteroatoms. The van der Waals surface area contributed by atoms with E-state index in [4.69, 9.17) is 5.73 Å². The molecule has 26 heavy (non-hydrogen) atoms. The first-order valence-corrected chi connectivity index (χ1v) is 7.10. The predicted molar refractivity (Wildman–Crippen MR) is 108 cm³/mol. The fourth-order valence-corrected chi connectivity index (χ4v) is 2.32. The lowest BCUT2D eigenvalue weighted by atomic mass is 10.0. The highest BCUT2D eigenvalue weighted by Gasteiger charge is 2.22. The summed E-state index contributed by atoms with van der Waals surface area (Å²) >= 11 is 0. The number of benzene rings is 1. The number of nitro groups is 1. The lowest BCUT2D eigenvalue weighted by molar-refractivity contribution is -0.385. The van der Waals surface area contributed by atoms with Gasteiger partial charge in [0.05, 0.1) is 22.2 Å². The number of H-pyrrole nitrogens is 1. The Hall–Kier alpha value is -2.37. The van der Waals surface area contributed by atoms with Crippen LogP contribution in [0.15, 0.2) is 36.7 Å². The zero-order valence-electron chi connectivity index (χ0n) is 13.5. The maximum Gasteiger partial charge on any atom is 0.282 e. The number of amides is 1. The van der Waals surface area contributed by atoms with Crippen molar-refractivity contribution >= 4 is 62.3 Å². The number of carbonyl (C=O) groups is 1. The van der Waals surface area contributed by atoms with Crippen molar-refractivity contribution < 1.29 is 9.72 Å². The number of fused-ring (bicyclic) bond motifs is 1. The van der Waals surface area contributed by atoms with Crippen molar-refractivity contribution in [2.75, 3.05) is 5.32 Å². The van der Waals surface area contributed by atoms with E-state index in [1.54, 1.807) is 19.1 Å². The van der Waals surface area contributed by atoms with E-state index in [0.717, 1.165) is 0 Å². The first kappa shape index (κ1) is 21.7. The zero-order chi connectivity index (χ0) is 17.3. The molecule has 4 N–H and O–H groups in total. The van der Waals surface area contributed by atoms with Gasteiger partial charge in [0.15, 0.2) is 5.65 Å². The second-order valence-electron chi connectivity index (χ2n) is 5.27. The molecular formula is C15H16Br2N6O3. The average molecular weight is 488 g/mol. The number of anilines is 1. The fourth-order valence-electron chi connectivity index (χ4n) is 2.32. The Morgan fingerprint density at radius 3 is 2.73 bits per heavy atom. The summed E-state index contributed by atoms with van der Waals surface area (Å²) in [6, 6.07) is 5.55. The van der Waals surface area contributed by atoms with E-state index >= 15 is 0 Å². The number of nitrogens with two attached hydrogens (primary N) is 1. The van der Waals surface area contributed by atoms with Gasteiger partial charge in [-0.05, 0) is 24.6 Å². The molecule has 3 rings (SSSR count). The third-order valence-electron chi connectivity index (χ3n) is 3.59. The third kappa shape index (κ3) is 4.23. The highest BCUT2D eigenvalue weighted by Crippen LogP contribution is 2.25. The second-order valence-corrected chi connectivity index (χ2v) is 5.27. The minimum atomic E-state index is -0.596. The smallest absolute Gasteiger partial charge is 0.282 e. The number of nitrogens with one attached hydrogen (secondary N) is 2. The Morgan fingerprint density at radius 2 is 2.08 bits per heavy atom. The molecule has 0 fully saturated rings. The number of hydrogen-bond acceptors (Lipinski definition) is 6. The van der Waals surface area contributed by atoms with Crippen LogP contribution < -0.4 is 11.1 Å². The molecule has 0 saturated carbocycles. The lowest BCUT2D eigenvalue weighted by Gasteiger charge is -2.09. The Balaban J connectivity index is 0.00000169. The molecule has 0 radical (unpaired) electrons. The van der Waals surface area contributed by atoms with E-state index in [2.05, 4.69) is 20.5 Å². The molecule has 0 unspecified atom stereocenters. The first-order valence-electron chi connectivity index (χ1n) is 7.10. The number of nitro benzene ring substituents is 1. The van der Waals surface area contributed by atoms with Crippen LogP contribution in [0.1, 0.15) is 28.9 Å². The van der Waals surface area contributed by atoms with Crippen LogP contribution in [-0.2, 0) is 0 Å². The Bertz CT molecular complexity index is 944. The van der Waals surface area contributed by atoms with Crippen molar-refractivity contribution in [2.24, 2.45) is 5.73 Å². The SMILES string of the molecule is Br.Br.C[C@@H](N)c1ccc(C(=O)Nc2ccnc3[nH]ncc23)c([N+](=O)[O-])c1. The van der Waals surface area contributed by atoms with Crippen LogP contribution in [0.3, 0.4) is 0 Å². The topological polar surface area (TPSA) is 140 Å². The van der Waals surface area contributed by atoms with Crippen LogP contribution in [0, 0.1) is 10.1 Å². The number of hydrogen-bond donors (Lipinski definition) is 3. The Labute approximate surface area is 169 Å². The number of halogens is 2. The summed E-state index contributed by atoms with van der Waals surface area (Å²) in [6.45, 7) is 1.71. The minimum absolute atomic E-state index is 0. The maximum absolute atomic E-state index is 12.5. The predicted octanol–water partition coefficient (Wildman–Crippen LogP) is 3.29. The number of rotatable bonds is 4. The van der Waals surface area contributed by atoms with E-state index in [1.807, 2.05) is 0 Å². The first-order chi connectivity index (χ1) is 11.5. The van der Waals surface area contributed by atoms with Crippen molar-refractivity contribution in [3.8, 4) is 0 Å². The van der Waals surface area contributed by atoms with E-state index in [-0.39, 0.29) is 51.3 Å². The normalized spacial score (nSPS) is 11.2. The third-order valence-corrected chi connectivity index (χ3v) is 3.59. The van der Waals surface area contributed by atoms with Crippen LogP contribution in [0.25, 0.3) is 11.0 Å². The van der Waals surface area contributed by atoms with Gasteiger partial charge >= 0.3 is 0 Å². The number of aromatic amines is 1. The molecule has 2 aromatic heterocycles. The molecule has 1 atom stereocenters. The molecule has 2 heterocycles. The van der Waals surface area contributed by atoms with Gasteiger partial charge < -0.3 is 11.1 Å². The summed E-state index contributed by atoms with van der Waals surface area (Å²) in [4.78, 5) is 27.2. The van der Waals surface area contributed by atoms with Gasteiger partial charge in [-0.15, -0.1) is 34.0 Å². The molecule has 0 spiro atoms.